The number of thioether (sulfide) groups is 1. The average molecular weight is 479 g/mol. The molecule has 2 aromatic carbocycles. The zero-order valence-corrected chi connectivity index (χ0v) is 21.4. The Bertz CT molecular complexity index is 1180. The first-order valence-electron chi connectivity index (χ1n) is 11.2. The first-order valence-corrected chi connectivity index (χ1v) is 13.0. The van der Waals surface area contributed by atoms with Crippen molar-refractivity contribution >= 4 is 23.1 Å². The van der Waals surface area contributed by atoms with E-state index in [0.29, 0.717) is 0 Å². The summed E-state index contributed by atoms with van der Waals surface area (Å²) in [6, 6.07) is 18.6. The highest BCUT2D eigenvalue weighted by Gasteiger charge is 2.20. The van der Waals surface area contributed by atoms with Gasteiger partial charge in [0.1, 0.15) is 10.8 Å². The van der Waals surface area contributed by atoms with Gasteiger partial charge in [-0.05, 0) is 37.0 Å². The number of rotatable bonds is 8. The van der Waals surface area contributed by atoms with Gasteiger partial charge in [-0.2, -0.15) is 0 Å². The summed E-state index contributed by atoms with van der Waals surface area (Å²) in [5, 5.41) is 13.0. The zero-order valence-electron chi connectivity index (χ0n) is 19.8. The van der Waals surface area contributed by atoms with Gasteiger partial charge in [0.2, 0.25) is 0 Å². The molecule has 4 rings (SSSR count). The summed E-state index contributed by atoms with van der Waals surface area (Å²) in [5.74, 6) is 2.43. The second kappa shape index (κ2) is 10.1. The molecule has 7 heteroatoms. The Hall–Kier alpha value is -2.64. The molecule has 0 saturated heterocycles. The third kappa shape index (κ3) is 5.65. The first kappa shape index (κ1) is 23.5. The molecular formula is C26H30N4OS2. The molecule has 0 spiro atoms. The number of nitrogens with zero attached hydrogens (tertiary/aromatic N) is 4. The van der Waals surface area contributed by atoms with E-state index in [1.807, 2.05) is 37.3 Å². The molecule has 0 amide bonds. The average Bonchev–Trinajstić information content (AvgIpc) is 3.45. The molecule has 0 aliphatic carbocycles. The van der Waals surface area contributed by atoms with Crippen LogP contribution in [0.3, 0.4) is 0 Å². The van der Waals surface area contributed by atoms with Crippen molar-refractivity contribution in [1.29, 1.82) is 0 Å². The van der Waals surface area contributed by atoms with E-state index in [1.165, 1.54) is 5.56 Å². The molecule has 1 unspecified atom stereocenters. The topological polar surface area (TPSA) is 52.8 Å². The Morgan fingerprint density at radius 1 is 1.03 bits per heavy atom. The van der Waals surface area contributed by atoms with Crippen LogP contribution in [0.2, 0.25) is 0 Å². The summed E-state index contributed by atoms with van der Waals surface area (Å²) in [4.78, 5) is 4.79. The number of hydrogen-bond donors (Lipinski definition) is 0. The van der Waals surface area contributed by atoms with Gasteiger partial charge in [0.15, 0.2) is 17.1 Å². The van der Waals surface area contributed by atoms with Crippen LogP contribution in [0.25, 0.3) is 10.6 Å². The van der Waals surface area contributed by atoms with Crippen molar-refractivity contribution in [3.63, 3.8) is 0 Å². The highest BCUT2D eigenvalue weighted by molar-refractivity contribution is 7.98. The van der Waals surface area contributed by atoms with Crippen LogP contribution < -0.4 is 4.74 Å². The summed E-state index contributed by atoms with van der Waals surface area (Å²) in [5.41, 5.74) is 3.62. The Morgan fingerprint density at radius 3 is 2.42 bits per heavy atom. The molecule has 4 aromatic rings. The Labute approximate surface area is 204 Å². The van der Waals surface area contributed by atoms with E-state index in [-0.39, 0.29) is 11.5 Å². The largest absolute Gasteiger partial charge is 0.483 e. The fourth-order valence-electron chi connectivity index (χ4n) is 3.52. The number of aromatic nitrogens is 4. The maximum atomic E-state index is 6.20. The summed E-state index contributed by atoms with van der Waals surface area (Å²) >= 11 is 3.33. The molecule has 0 N–H and O–H groups in total. The standard InChI is InChI=1S/C26H30N4OS2/c1-6-30-23(18(2)31-22-14-12-20(13-15-22)26(3,4)5)28-29-25(30)33-17-21-16-32-24(27-21)19-10-8-7-9-11-19/h7-16,18H,6,17H2,1-5H3. The lowest BCUT2D eigenvalue weighted by Gasteiger charge is -2.20. The van der Waals surface area contributed by atoms with Crippen LogP contribution in [0.5, 0.6) is 5.75 Å². The van der Waals surface area contributed by atoms with Gasteiger partial charge in [-0.3, -0.25) is 0 Å². The van der Waals surface area contributed by atoms with Crippen LogP contribution in [0.4, 0.5) is 0 Å². The van der Waals surface area contributed by atoms with E-state index >= 15 is 0 Å². The minimum Gasteiger partial charge on any atom is -0.483 e. The van der Waals surface area contributed by atoms with Gasteiger partial charge in [0.25, 0.3) is 0 Å². The lowest BCUT2D eigenvalue weighted by molar-refractivity contribution is 0.210. The first-order chi connectivity index (χ1) is 15.8. The van der Waals surface area contributed by atoms with Gasteiger partial charge in [0.05, 0.1) is 5.69 Å². The van der Waals surface area contributed by atoms with Gasteiger partial charge < -0.3 is 9.30 Å². The molecule has 0 saturated carbocycles. The SMILES string of the molecule is CCn1c(SCc2csc(-c3ccccc3)n2)nnc1C(C)Oc1ccc(C(C)(C)C)cc1. The van der Waals surface area contributed by atoms with Crippen LogP contribution in [0, 0.1) is 0 Å². The third-order valence-electron chi connectivity index (χ3n) is 5.38. The highest BCUT2D eigenvalue weighted by Crippen LogP contribution is 2.30. The van der Waals surface area contributed by atoms with E-state index in [9.17, 15) is 0 Å². The second-order valence-electron chi connectivity index (χ2n) is 8.92. The summed E-state index contributed by atoms with van der Waals surface area (Å²) < 4.78 is 8.32. The van der Waals surface area contributed by atoms with Crippen LogP contribution >= 0.6 is 23.1 Å². The van der Waals surface area contributed by atoms with Gasteiger partial charge in [-0.1, -0.05) is 75.0 Å². The number of hydrogen-bond acceptors (Lipinski definition) is 6. The summed E-state index contributed by atoms with van der Waals surface area (Å²) in [6.07, 6.45) is -0.198. The Kier molecular flexibility index (Phi) is 7.20. The monoisotopic (exact) mass is 478 g/mol. The lowest BCUT2D eigenvalue weighted by Crippen LogP contribution is -2.13. The van der Waals surface area contributed by atoms with Crippen LogP contribution in [0.1, 0.15) is 57.8 Å². The minimum atomic E-state index is -0.198. The van der Waals surface area contributed by atoms with Crippen molar-refractivity contribution in [2.24, 2.45) is 0 Å². The fraction of sp³-hybridized carbons (Fsp3) is 0.346. The van der Waals surface area contributed by atoms with Gasteiger partial charge >= 0.3 is 0 Å². The Morgan fingerprint density at radius 2 is 1.76 bits per heavy atom. The van der Waals surface area contributed by atoms with Gasteiger partial charge in [-0.25, -0.2) is 4.98 Å². The summed E-state index contributed by atoms with van der Waals surface area (Å²) in [7, 11) is 0. The molecule has 2 aromatic heterocycles. The molecule has 0 radical (unpaired) electrons. The van der Waals surface area contributed by atoms with Crippen molar-refractivity contribution in [2.75, 3.05) is 0 Å². The molecule has 2 heterocycles. The highest BCUT2D eigenvalue weighted by atomic mass is 32.2. The summed E-state index contributed by atoms with van der Waals surface area (Å²) in [6.45, 7) is 11.5. The number of ether oxygens (including phenoxy) is 1. The zero-order chi connectivity index (χ0) is 23.4. The lowest BCUT2D eigenvalue weighted by atomic mass is 9.87. The normalized spacial score (nSPS) is 12.6. The van der Waals surface area contributed by atoms with Crippen LogP contribution in [0.15, 0.2) is 65.1 Å². The Balaban J connectivity index is 1.42. The van der Waals surface area contributed by atoms with E-state index in [2.05, 4.69) is 72.1 Å². The van der Waals surface area contributed by atoms with E-state index in [1.54, 1.807) is 23.1 Å². The molecule has 0 fully saturated rings. The molecule has 1 atom stereocenters. The molecule has 33 heavy (non-hydrogen) atoms. The van der Waals surface area contributed by atoms with Gasteiger partial charge in [0, 0.05) is 23.2 Å². The number of thiazole rings is 1. The van der Waals surface area contributed by atoms with E-state index < -0.39 is 0 Å². The minimum absolute atomic E-state index is 0.123. The smallest absolute Gasteiger partial charge is 0.191 e. The van der Waals surface area contributed by atoms with Crippen molar-refractivity contribution < 1.29 is 4.74 Å². The van der Waals surface area contributed by atoms with Gasteiger partial charge in [-0.15, -0.1) is 21.5 Å². The molecule has 0 aliphatic heterocycles. The predicted molar refractivity (Wildman–Crippen MR) is 137 cm³/mol. The predicted octanol–water partition coefficient (Wildman–Crippen LogP) is 7.15. The molecule has 172 valence electrons. The maximum Gasteiger partial charge on any atom is 0.191 e. The van der Waals surface area contributed by atoms with Crippen molar-refractivity contribution in [2.45, 2.75) is 63.6 Å². The molecule has 0 bridgehead atoms. The molecule has 5 nitrogen and oxygen atoms in total. The van der Waals surface area contributed by atoms with Crippen LogP contribution in [-0.4, -0.2) is 19.7 Å². The third-order valence-corrected chi connectivity index (χ3v) is 7.32. The maximum absolute atomic E-state index is 6.20. The van der Waals surface area contributed by atoms with E-state index in [0.717, 1.165) is 45.3 Å². The van der Waals surface area contributed by atoms with Crippen molar-refractivity contribution in [3.8, 4) is 16.3 Å². The molecular weight excluding hydrogens is 448 g/mol. The second-order valence-corrected chi connectivity index (χ2v) is 10.7. The quantitative estimate of drug-likeness (QED) is 0.252. The van der Waals surface area contributed by atoms with Crippen LogP contribution in [-0.2, 0) is 17.7 Å². The number of benzene rings is 2. The van der Waals surface area contributed by atoms with Crippen molar-refractivity contribution in [1.82, 2.24) is 19.7 Å². The van der Waals surface area contributed by atoms with E-state index in [4.69, 9.17) is 9.72 Å². The molecule has 0 aliphatic rings. The fourth-order valence-corrected chi connectivity index (χ4v) is 5.35. The van der Waals surface area contributed by atoms with Crippen molar-refractivity contribution in [3.05, 3.63) is 77.1 Å².